The molecule has 4 aromatic rings. The number of carboxylic acid groups (broad SMARTS) is 1. The van der Waals surface area contributed by atoms with Gasteiger partial charge in [-0.05, 0) is 78.4 Å². The lowest BCUT2D eigenvalue weighted by Gasteiger charge is -2.12. The summed E-state index contributed by atoms with van der Waals surface area (Å²) < 4.78 is 5.27. The topological polar surface area (TPSA) is 134 Å². The molecule has 0 atom stereocenters. The van der Waals surface area contributed by atoms with Crippen LogP contribution in [0.3, 0.4) is 0 Å². The Balaban J connectivity index is 1.40. The van der Waals surface area contributed by atoms with Crippen molar-refractivity contribution in [1.29, 1.82) is 0 Å². The molecule has 0 saturated carbocycles. The van der Waals surface area contributed by atoms with E-state index < -0.39 is 17.8 Å². The number of ether oxygens (including phenoxy) is 1. The highest BCUT2D eigenvalue weighted by atomic mass is 35.5. The molecule has 9 nitrogen and oxygen atoms in total. The summed E-state index contributed by atoms with van der Waals surface area (Å²) in [5.41, 5.74) is 1.78. The first-order valence-electron chi connectivity index (χ1n) is 12.8. The number of rotatable bonds is 11. The van der Waals surface area contributed by atoms with Crippen molar-refractivity contribution in [3.8, 4) is 5.75 Å². The Morgan fingerprint density at radius 1 is 0.860 bits per heavy atom. The zero-order valence-electron chi connectivity index (χ0n) is 22.8. The van der Waals surface area contributed by atoms with Gasteiger partial charge in [0, 0.05) is 21.8 Å². The number of benzene rings is 4. The molecular formula is C32H26ClN3O6S. The van der Waals surface area contributed by atoms with E-state index in [1.54, 1.807) is 92.0 Å². The van der Waals surface area contributed by atoms with Crippen LogP contribution in [0.1, 0.15) is 26.3 Å². The zero-order chi connectivity index (χ0) is 30.8. The molecule has 4 rings (SSSR count). The van der Waals surface area contributed by atoms with E-state index in [2.05, 4.69) is 16.0 Å². The summed E-state index contributed by atoms with van der Waals surface area (Å²) >= 11 is 7.13. The number of amides is 3. The first-order chi connectivity index (χ1) is 20.7. The Labute approximate surface area is 256 Å². The molecule has 0 saturated heterocycles. The van der Waals surface area contributed by atoms with Crippen molar-refractivity contribution in [2.75, 3.05) is 23.5 Å². The molecule has 3 amide bonds. The van der Waals surface area contributed by atoms with Crippen molar-refractivity contribution >= 4 is 64.5 Å². The van der Waals surface area contributed by atoms with Crippen LogP contribution in [0, 0.1) is 0 Å². The van der Waals surface area contributed by atoms with E-state index in [0.717, 1.165) is 4.90 Å². The molecule has 11 heteroatoms. The quantitative estimate of drug-likeness (QED) is 0.117. The predicted octanol–water partition coefficient (Wildman–Crippen LogP) is 6.19. The second kappa shape index (κ2) is 14.7. The van der Waals surface area contributed by atoms with Gasteiger partial charge in [-0.15, -0.1) is 11.8 Å². The first-order valence-corrected chi connectivity index (χ1v) is 14.2. The fourth-order valence-corrected chi connectivity index (χ4v) is 4.68. The van der Waals surface area contributed by atoms with E-state index in [0.29, 0.717) is 28.3 Å². The van der Waals surface area contributed by atoms with Gasteiger partial charge in [0.25, 0.3) is 11.8 Å². The lowest BCUT2D eigenvalue weighted by atomic mass is 10.1. The van der Waals surface area contributed by atoms with Gasteiger partial charge in [-0.2, -0.15) is 0 Å². The second-order valence-corrected chi connectivity index (χ2v) is 10.4. The van der Waals surface area contributed by atoms with Gasteiger partial charge in [-0.1, -0.05) is 41.9 Å². The van der Waals surface area contributed by atoms with Crippen molar-refractivity contribution in [3.05, 3.63) is 124 Å². The molecule has 4 aromatic carbocycles. The largest absolute Gasteiger partial charge is 0.497 e. The van der Waals surface area contributed by atoms with Gasteiger partial charge < -0.3 is 25.8 Å². The Morgan fingerprint density at radius 2 is 1.58 bits per heavy atom. The van der Waals surface area contributed by atoms with Crippen molar-refractivity contribution in [1.82, 2.24) is 5.32 Å². The number of carboxylic acids is 1. The number of hydrogen-bond donors (Lipinski definition) is 4. The van der Waals surface area contributed by atoms with E-state index in [4.69, 9.17) is 16.3 Å². The van der Waals surface area contributed by atoms with Crippen molar-refractivity contribution in [3.63, 3.8) is 0 Å². The highest BCUT2D eigenvalue weighted by molar-refractivity contribution is 8.00. The van der Waals surface area contributed by atoms with E-state index >= 15 is 0 Å². The molecule has 0 aromatic heterocycles. The number of carbonyl (C=O) groups is 4. The average Bonchev–Trinajstić information content (AvgIpc) is 3.01. The van der Waals surface area contributed by atoms with Gasteiger partial charge in [-0.3, -0.25) is 14.4 Å². The number of hydrogen-bond acceptors (Lipinski definition) is 6. The van der Waals surface area contributed by atoms with Crippen molar-refractivity contribution in [2.45, 2.75) is 4.90 Å². The average molecular weight is 616 g/mol. The Morgan fingerprint density at radius 3 is 2.28 bits per heavy atom. The van der Waals surface area contributed by atoms with Crippen LogP contribution in [0.2, 0.25) is 5.02 Å². The van der Waals surface area contributed by atoms with Gasteiger partial charge >= 0.3 is 5.97 Å². The molecule has 43 heavy (non-hydrogen) atoms. The van der Waals surface area contributed by atoms with Crippen LogP contribution < -0.4 is 20.7 Å². The standard InChI is InChI=1S/C32H26ClN3O6S/c1-42-24-9-5-6-20(16-24)17-28(36-30(38)21-7-3-2-4-8-21)31(39)35-22-10-13-25(14-11-22)43-19-29(37)34-23-12-15-27(33)26(18-23)32(40)41/h2-18H,19H2,1H3,(H,34,37)(H,35,39)(H,36,38)(H,40,41)/b28-17-. The number of halogens is 1. The number of thioether (sulfide) groups is 1. The minimum atomic E-state index is -1.19. The summed E-state index contributed by atoms with van der Waals surface area (Å²) in [7, 11) is 1.54. The summed E-state index contributed by atoms with van der Waals surface area (Å²) in [6.07, 6.45) is 1.56. The van der Waals surface area contributed by atoms with Gasteiger partial charge in [0.05, 0.1) is 23.4 Å². The molecule has 0 unspecified atom stereocenters. The van der Waals surface area contributed by atoms with E-state index in [9.17, 15) is 24.3 Å². The van der Waals surface area contributed by atoms with E-state index in [-0.39, 0.29) is 27.9 Å². The third-order valence-corrected chi connectivity index (χ3v) is 7.24. The maximum atomic E-state index is 13.3. The Bertz CT molecular complexity index is 1680. The molecule has 0 spiro atoms. The smallest absolute Gasteiger partial charge is 0.337 e. The summed E-state index contributed by atoms with van der Waals surface area (Å²) in [4.78, 5) is 50.5. The number of anilines is 2. The number of aromatic carboxylic acids is 1. The molecule has 0 aliphatic heterocycles. The molecule has 0 radical (unpaired) electrons. The minimum absolute atomic E-state index is 0.0329. The highest BCUT2D eigenvalue weighted by Gasteiger charge is 2.16. The number of nitrogens with one attached hydrogen (secondary N) is 3. The fourth-order valence-electron chi connectivity index (χ4n) is 3.79. The van der Waals surface area contributed by atoms with Crippen molar-refractivity contribution < 1.29 is 29.0 Å². The highest BCUT2D eigenvalue weighted by Crippen LogP contribution is 2.23. The monoisotopic (exact) mass is 615 g/mol. The summed E-state index contributed by atoms with van der Waals surface area (Å²) in [6.45, 7) is 0. The van der Waals surface area contributed by atoms with Gasteiger partial charge in [0.1, 0.15) is 11.4 Å². The van der Waals surface area contributed by atoms with Crippen LogP contribution in [0.25, 0.3) is 6.08 Å². The van der Waals surface area contributed by atoms with Gasteiger partial charge in [-0.25, -0.2) is 4.79 Å². The molecule has 0 aliphatic carbocycles. The summed E-state index contributed by atoms with van der Waals surface area (Å²) in [6, 6.07) is 26.7. The van der Waals surface area contributed by atoms with Crippen LogP contribution in [-0.4, -0.2) is 41.7 Å². The second-order valence-electron chi connectivity index (χ2n) is 8.97. The number of methoxy groups -OCH3 is 1. The summed E-state index contributed by atoms with van der Waals surface area (Å²) in [5, 5.41) is 17.4. The fraction of sp³-hybridized carbons (Fsp3) is 0.0625. The van der Waals surface area contributed by atoms with Gasteiger partial charge in [0.2, 0.25) is 5.91 Å². The Hall–Kier alpha value is -5.06. The first kappa shape index (κ1) is 30.9. The van der Waals surface area contributed by atoms with Crippen molar-refractivity contribution in [2.24, 2.45) is 0 Å². The minimum Gasteiger partial charge on any atom is -0.497 e. The van der Waals surface area contributed by atoms with E-state index in [1.807, 2.05) is 0 Å². The zero-order valence-corrected chi connectivity index (χ0v) is 24.4. The third kappa shape index (κ3) is 8.96. The lowest BCUT2D eigenvalue weighted by molar-refractivity contribution is -0.114. The Kier molecular flexibility index (Phi) is 10.6. The van der Waals surface area contributed by atoms with Crippen LogP contribution in [0.5, 0.6) is 5.75 Å². The molecule has 0 aliphatic rings. The maximum Gasteiger partial charge on any atom is 0.337 e. The molecule has 0 bridgehead atoms. The van der Waals surface area contributed by atoms with Gasteiger partial charge in [0.15, 0.2) is 0 Å². The van der Waals surface area contributed by atoms with Crippen LogP contribution in [-0.2, 0) is 9.59 Å². The molecule has 0 heterocycles. The lowest BCUT2D eigenvalue weighted by Crippen LogP contribution is -2.30. The molecule has 4 N–H and O–H groups in total. The predicted molar refractivity (Wildman–Crippen MR) is 168 cm³/mol. The molecule has 218 valence electrons. The van der Waals surface area contributed by atoms with Crippen LogP contribution >= 0.6 is 23.4 Å². The third-order valence-electron chi connectivity index (χ3n) is 5.90. The SMILES string of the molecule is COc1cccc(/C=C(\NC(=O)c2ccccc2)C(=O)Nc2ccc(SCC(=O)Nc3ccc(Cl)c(C(=O)O)c3)cc2)c1. The summed E-state index contributed by atoms with van der Waals surface area (Å²) in [5.74, 6) is -1.83. The molecular weight excluding hydrogens is 590 g/mol. The molecule has 0 fully saturated rings. The number of carbonyl (C=O) groups excluding carboxylic acids is 3. The van der Waals surface area contributed by atoms with Crippen LogP contribution in [0.4, 0.5) is 11.4 Å². The van der Waals surface area contributed by atoms with E-state index in [1.165, 1.54) is 30.0 Å². The van der Waals surface area contributed by atoms with Crippen LogP contribution in [0.15, 0.2) is 108 Å². The maximum absolute atomic E-state index is 13.3. The normalized spacial score (nSPS) is 10.9.